The third-order valence-corrected chi connectivity index (χ3v) is 4.82. The second kappa shape index (κ2) is 5.55. The molecule has 1 aromatic rings. The molecule has 0 aromatic carbocycles. The van der Waals surface area contributed by atoms with Gasteiger partial charge >= 0.3 is 5.97 Å². The summed E-state index contributed by atoms with van der Waals surface area (Å²) in [7, 11) is -2.55. The van der Waals surface area contributed by atoms with Crippen molar-refractivity contribution in [1.29, 1.82) is 0 Å². The summed E-state index contributed by atoms with van der Waals surface area (Å²) in [6, 6.07) is 0.976. The molecule has 1 aliphatic carbocycles. The Bertz CT molecular complexity index is 603. The van der Waals surface area contributed by atoms with Crippen LogP contribution in [-0.2, 0) is 14.8 Å². The predicted octanol–water partition coefficient (Wildman–Crippen LogP) is 0.390. The number of carbonyl (C=O) groups excluding carboxylic acids is 1. The Hall–Kier alpha value is -1.38. The maximum atomic E-state index is 12.1. The molecule has 0 saturated heterocycles. The Balaban J connectivity index is 2.12. The number of nitrogens with two attached hydrogens (primary N) is 1. The van der Waals surface area contributed by atoms with Gasteiger partial charge in [0.15, 0.2) is 0 Å². The molecule has 0 bridgehead atoms. The molecule has 1 aromatic heterocycles. The van der Waals surface area contributed by atoms with Crippen LogP contribution in [0, 0.1) is 12.8 Å². The van der Waals surface area contributed by atoms with E-state index in [2.05, 4.69) is 9.46 Å². The highest BCUT2D eigenvalue weighted by atomic mass is 32.2. The minimum Gasteiger partial charge on any atom is -0.463 e. The van der Waals surface area contributed by atoms with Crippen molar-refractivity contribution in [1.82, 2.24) is 4.72 Å². The first kappa shape index (κ1) is 15.0. The molecule has 1 unspecified atom stereocenters. The number of hydrogen-bond acceptors (Lipinski definition) is 6. The van der Waals surface area contributed by atoms with Crippen LogP contribution < -0.4 is 10.5 Å². The molecule has 7 nitrogen and oxygen atoms in total. The van der Waals surface area contributed by atoms with Crippen molar-refractivity contribution in [3.05, 3.63) is 17.6 Å². The lowest BCUT2D eigenvalue weighted by molar-refractivity contribution is 0.0563. The number of esters is 1. The van der Waals surface area contributed by atoms with Gasteiger partial charge in [-0.3, -0.25) is 0 Å². The van der Waals surface area contributed by atoms with Gasteiger partial charge < -0.3 is 14.9 Å². The van der Waals surface area contributed by atoms with Gasteiger partial charge in [-0.15, -0.1) is 0 Å². The lowest BCUT2D eigenvalue weighted by Crippen LogP contribution is -2.38. The van der Waals surface area contributed by atoms with Crippen molar-refractivity contribution in [2.75, 3.05) is 13.7 Å². The molecule has 1 atom stereocenters. The lowest BCUT2D eigenvalue weighted by Gasteiger charge is -2.11. The normalized spacial score (nSPS) is 16.9. The summed E-state index contributed by atoms with van der Waals surface area (Å²) in [6.45, 7) is 1.65. The van der Waals surface area contributed by atoms with E-state index in [9.17, 15) is 13.2 Å². The fourth-order valence-electron chi connectivity index (χ4n) is 1.91. The van der Waals surface area contributed by atoms with Gasteiger partial charge in [-0.2, -0.15) is 0 Å². The van der Waals surface area contributed by atoms with Gasteiger partial charge in [0.2, 0.25) is 15.8 Å². The Kier molecular flexibility index (Phi) is 4.17. The molecule has 0 amide bonds. The van der Waals surface area contributed by atoms with E-state index in [4.69, 9.17) is 10.2 Å². The molecule has 0 spiro atoms. The maximum absolute atomic E-state index is 12.1. The minimum atomic E-state index is -3.74. The van der Waals surface area contributed by atoms with E-state index < -0.39 is 16.0 Å². The zero-order valence-electron chi connectivity index (χ0n) is 11.4. The molecule has 1 heterocycles. The number of rotatable bonds is 6. The van der Waals surface area contributed by atoms with Crippen molar-refractivity contribution in [3.8, 4) is 0 Å². The molecule has 8 heteroatoms. The number of sulfonamides is 1. The number of aryl methyl sites for hydroxylation is 1. The number of hydrogen-bond donors (Lipinski definition) is 2. The van der Waals surface area contributed by atoms with Gasteiger partial charge in [-0.25, -0.2) is 17.9 Å². The first-order valence-electron chi connectivity index (χ1n) is 6.29. The molecule has 112 valence electrons. The topological polar surface area (TPSA) is 112 Å². The third-order valence-electron chi connectivity index (χ3n) is 3.28. The molecule has 1 aliphatic rings. The Morgan fingerprint density at radius 2 is 2.25 bits per heavy atom. The average Bonchev–Trinajstić information content (AvgIpc) is 3.17. The fourth-order valence-corrected chi connectivity index (χ4v) is 3.16. The van der Waals surface area contributed by atoms with E-state index in [1.165, 1.54) is 14.0 Å². The monoisotopic (exact) mass is 302 g/mol. The summed E-state index contributed by atoms with van der Waals surface area (Å²) in [5, 5.41) is 0. The highest BCUT2D eigenvalue weighted by molar-refractivity contribution is 7.89. The summed E-state index contributed by atoms with van der Waals surface area (Å²) in [5.74, 6) is -0.326. The second-order valence-corrected chi connectivity index (χ2v) is 6.61. The van der Waals surface area contributed by atoms with Gasteiger partial charge in [0.1, 0.15) is 10.7 Å². The fraction of sp³-hybridized carbons (Fsp3) is 0.583. The van der Waals surface area contributed by atoms with E-state index in [0.717, 1.165) is 18.9 Å². The van der Waals surface area contributed by atoms with Crippen LogP contribution in [0.4, 0.5) is 0 Å². The zero-order chi connectivity index (χ0) is 14.9. The van der Waals surface area contributed by atoms with Crippen molar-refractivity contribution < 1.29 is 22.4 Å². The maximum Gasteiger partial charge on any atom is 0.373 e. The van der Waals surface area contributed by atoms with E-state index in [1.54, 1.807) is 0 Å². The number of carbonyl (C=O) groups is 1. The first-order chi connectivity index (χ1) is 9.35. The van der Waals surface area contributed by atoms with Gasteiger partial charge in [0.05, 0.1) is 7.11 Å². The summed E-state index contributed by atoms with van der Waals surface area (Å²) >= 11 is 0. The van der Waals surface area contributed by atoms with Crippen LogP contribution in [0.15, 0.2) is 15.4 Å². The van der Waals surface area contributed by atoms with E-state index in [1.807, 2.05) is 0 Å². The largest absolute Gasteiger partial charge is 0.463 e. The number of ether oxygens (including phenoxy) is 1. The molecule has 20 heavy (non-hydrogen) atoms. The summed E-state index contributed by atoms with van der Waals surface area (Å²) < 4.78 is 36.3. The second-order valence-electron chi connectivity index (χ2n) is 4.88. The van der Waals surface area contributed by atoms with Crippen molar-refractivity contribution in [2.45, 2.75) is 30.7 Å². The molecule has 2 rings (SSSR count). The van der Waals surface area contributed by atoms with Crippen LogP contribution in [0.25, 0.3) is 0 Å². The molecule has 0 aliphatic heterocycles. The predicted molar refractivity (Wildman–Crippen MR) is 70.7 cm³/mol. The molecular weight excluding hydrogens is 284 g/mol. The smallest absolute Gasteiger partial charge is 0.373 e. The van der Waals surface area contributed by atoms with Crippen LogP contribution in [0.5, 0.6) is 0 Å². The molecule has 3 N–H and O–H groups in total. The molecular formula is C12H18N2O5S. The van der Waals surface area contributed by atoms with Gasteiger partial charge in [0.25, 0.3) is 0 Å². The van der Waals surface area contributed by atoms with Crippen LogP contribution in [-0.4, -0.2) is 34.1 Å². The zero-order valence-corrected chi connectivity index (χ0v) is 12.2. The van der Waals surface area contributed by atoms with Crippen molar-refractivity contribution in [3.63, 3.8) is 0 Å². The Morgan fingerprint density at radius 1 is 1.60 bits per heavy atom. The Labute approximate surface area is 117 Å². The third kappa shape index (κ3) is 3.20. The highest BCUT2D eigenvalue weighted by Crippen LogP contribution is 2.31. The number of furan rings is 1. The van der Waals surface area contributed by atoms with Gasteiger partial charge in [-0.05, 0) is 25.7 Å². The van der Waals surface area contributed by atoms with Crippen LogP contribution in [0.1, 0.15) is 29.2 Å². The van der Waals surface area contributed by atoms with E-state index in [-0.39, 0.29) is 29.0 Å². The number of methoxy groups -OCH3 is 1. The number of nitrogens with one attached hydrogen (secondary N) is 1. The quantitative estimate of drug-likeness (QED) is 0.735. The van der Waals surface area contributed by atoms with Gasteiger partial charge in [-0.1, -0.05) is 0 Å². The summed E-state index contributed by atoms with van der Waals surface area (Å²) in [4.78, 5) is 11.2. The molecule has 1 saturated carbocycles. The van der Waals surface area contributed by atoms with Crippen LogP contribution in [0.3, 0.4) is 0 Å². The first-order valence-corrected chi connectivity index (χ1v) is 7.77. The van der Waals surface area contributed by atoms with Gasteiger partial charge in [0, 0.05) is 18.7 Å². The van der Waals surface area contributed by atoms with Crippen LogP contribution >= 0.6 is 0 Å². The van der Waals surface area contributed by atoms with E-state index >= 15 is 0 Å². The minimum absolute atomic E-state index is 0.0686. The van der Waals surface area contributed by atoms with Crippen molar-refractivity contribution >= 4 is 16.0 Å². The Morgan fingerprint density at radius 3 is 2.80 bits per heavy atom. The van der Waals surface area contributed by atoms with E-state index in [0.29, 0.717) is 5.92 Å². The summed E-state index contributed by atoms with van der Waals surface area (Å²) in [6.07, 6.45) is 2.08. The molecule has 0 radical (unpaired) electrons. The van der Waals surface area contributed by atoms with Crippen LogP contribution in [0.2, 0.25) is 0 Å². The average molecular weight is 302 g/mol. The lowest BCUT2D eigenvalue weighted by atomic mass is 10.2. The molecule has 1 fully saturated rings. The summed E-state index contributed by atoms with van der Waals surface area (Å²) in [5.41, 5.74) is 5.85. The van der Waals surface area contributed by atoms with Crippen molar-refractivity contribution in [2.24, 2.45) is 11.7 Å². The standard InChI is InChI=1S/C12H18N2O5S/c1-7-11(5-10(19-7)12(15)18-2)20(16,17)14-6-9(13)8-3-4-8/h5,8-9,14H,3-4,6,13H2,1-2H3. The highest BCUT2D eigenvalue weighted by Gasteiger charge is 2.30. The SMILES string of the molecule is COC(=O)c1cc(S(=O)(=O)NCC(N)C2CC2)c(C)o1.